The Kier molecular flexibility index (Phi) is 4.78. The summed E-state index contributed by atoms with van der Waals surface area (Å²) in [6, 6.07) is 1.84. The molecule has 1 atom stereocenters. The van der Waals surface area contributed by atoms with Crippen molar-refractivity contribution in [1.29, 1.82) is 0 Å². The third-order valence-electron chi connectivity index (χ3n) is 2.54. The van der Waals surface area contributed by atoms with Crippen LogP contribution in [0.25, 0.3) is 0 Å². The van der Waals surface area contributed by atoms with Crippen LogP contribution in [0.5, 0.6) is 0 Å². The van der Waals surface area contributed by atoms with Gasteiger partial charge in [0.05, 0.1) is 6.61 Å². The van der Waals surface area contributed by atoms with Gasteiger partial charge in [-0.2, -0.15) is 0 Å². The Balaban J connectivity index is 3.16. The fraction of sp³-hybridized carbons (Fsp3) is 0.462. The van der Waals surface area contributed by atoms with Crippen LogP contribution in [0.4, 0.5) is 8.78 Å². The minimum atomic E-state index is -1.73. The molecule has 5 heteroatoms. The molecule has 0 saturated heterocycles. The lowest BCUT2D eigenvalue weighted by atomic mass is 9.97. The molecule has 0 heterocycles. The van der Waals surface area contributed by atoms with Gasteiger partial charge in [-0.05, 0) is 24.5 Å². The molecule has 1 rings (SSSR count). The molecule has 1 aromatic carbocycles. The monoisotopic (exact) mass is 258 g/mol. The number of rotatable bonds is 4. The number of esters is 1. The number of benzene rings is 1. The van der Waals surface area contributed by atoms with E-state index in [1.807, 2.05) is 0 Å². The lowest BCUT2D eigenvalue weighted by Crippen LogP contribution is -2.17. The highest BCUT2D eigenvalue weighted by Crippen LogP contribution is 2.26. The summed E-state index contributed by atoms with van der Waals surface area (Å²) in [5, 5.41) is 9.66. The number of carbonyl (C=O) groups excluding carboxylic acids is 1. The van der Waals surface area contributed by atoms with Crippen molar-refractivity contribution in [3.8, 4) is 0 Å². The number of hydrogen-bond acceptors (Lipinski definition) is 3. The molecule has 0 spiro atoms. The van der Waals surface area contributed by atoms with Gasteiger partial charge < -0.3 is 9.84 Å². The zero-order chi connectivity index (χ0) is 13.9. The SMILES string of the molecule is CCOC(=O)C(O)c1cc(C(C)C)c(F)cc1F. The maximum atomic E-state index is 13.5. The highest BCUT2D eigenvalue weighted by Gasteiger charge is 2.24. The molecule has 0 aliphatic heterocycles. The van der Waals surface area contributed by atoms with E-state index < -0.39 is 23.7 Å². The van der Waals surface area contributed by atoms with Crippen LogP contribution in [0.1, 0.15) is 43.9 Å². The Morgan fingerprint density at radius 2 is 1.83 bits per heavy atom. The van der Waals surface area contributed by atoms with Gasteiger partial charge in [-0.15, -0.1) is 0 Å². The van der Waals surface area contributed by atoms with E-state index in [1.54, 1.807) is 20.8 Å². The van der Waals surface area contributed by atoms with Gasteiger partial charge in [-0.3, -0.25) is 0 Å². The van der Waals surface area contributed by atoms with Crippen LogP contribution in [-0.2, 0) is 9.53 Å². The van der Waals surface area contributed by atoms with Crippen LogP contribution in [0.3, 0.4) is 0 Å². The minimum Gasteiger partial charge on any atom is -0.464 e. The summed E-state index contributed by atoms with van der Waals surface area (Å²) in [6.07, 6.45) is -1.73. The molecule has 0 saturated carbocycles. The molecule has 1 aromatic rings. The van der Waals surface area contributed by atoms with Crippen LogP contribution in [0.15, 0.2) is 12.1 Å². The summed E-state index contributed by atoms with van der Waals surface area (Å²) in [5.41, 5.74) is -0.0201. The predicted molar refractivity (Wildman–Crippen MR) is 62.0 cm³/mol. The second-order valence-electron chi connectivity index (χ2n) is 4.20. The fourth-order valence-electron chi connectivity index (χ4n) is 1.58. The summed E-state index contributed by atoms with van der Waals surface area (Å²) < 4.78 is 31.6. The fourth-order valence-corrected chi connectivity index (χ4v) is 1.58. The highest BCUT2D eigenvalue weighted by molar-refractivity contribution is 5.76. The smallest absolute Gasteiger partial charge is 0.339 e. The molecule has 1 N–H and O–H groups in total. The number of halogens is 2. The lowest BCUT2D eigenvalue weighted by Gasteiger charge is -2.14. The lowest BCUT2D eigenvalue weighted by molar-refractivity contribution is -0.153. The minimum absolute atomic E-state index is 0.0791. The van der Waals surface area contributed by atoms with Crippen molar-refractivity contribution in [1.82, 2.24) is 0 Å². The van der Waals surface area contributed by atoms with Crippen molar-refractivity contribution in [3.05, 3.63) is 34.9 Å². The van der Waals surface area contributed by atoms with E-state index in [1.165, 1.54) is 0 Å². The van der Waals surface area contributed by atoms with Crippen LogP contribution in [-0.4, -0.2) is 17.7 Å². The van der Waals surface area contributed by atoms with Gasteiger partial charge in [0.15, 0.2) is 6.10 Å². The average molecular weight is 258 g/mol. The van der Waals surface area contributed by atoms with E-state index in [2.05, 4.69) is 4.74 Å². The van der Waals surface area contributed by atoms with Crippen LogP contribution < -0.4 is 0 Å². The summed E-state index contributed by atoms with van der Waals surface area (Å²) in [7, 11) is 0. The topological polar surface area (TPSA) is 46.5 Å². The largest absolute Gasteiger partial charge is 0.464 e. The van der Waals surface area contributed by atoms with Crippen molar-refractivity contribution >= 4 is 5.97 Å². The zero-order valence-corrected chi connectivity index (χ0v) is 10.5. The summed E-state index contributed by atoms with van der Waals surface area (Å²) >= 11 is 0. The van der Waals surface area contributed by atoms with Gasteiger partial charge in [0, 0.05) is 11.6 Å². The maximum absolute atomic E-state index is 13.5. The van der Waals surface area contributed by atoms with Crippen molar-refractivity contribution in [2.24, 2.45) is 0 Å². The first-order chi connectivity index (χ1) is 8.38. The maximum Gasteiger partial charge on any atom is 0.339 e. The molecular weight excluding hydrogens is 242 g/mol. The molecule has 0 bridgehead atoms. The zero-order valence-electron chi connectivity index (χ0n) is 10.5. The van der Waals surface area contributed by atoms with E-state index in [0.717, 1.165) is 6.07 Å². The molecule has 0 fully saturated rings. The van der Waals surface area contributed by atoms with Crippen molar-refractivity contribution in [2.75, 3.05) is 6.61 Å². The number of aliphatic hydroxyl groups excluding tert-OH is 1. The molecule has 0 aliphatic carbocycles. The second kappa shape index (κ2) is 5.91. The number of hydrogen-bond donors (Lipinski definition) is 1. The Morgan fingerprint density at radius 3 is 2.33 bits per heavy atom. The van der Waals surface area contributed by atoms with Gasteiger partial charge in [-0.25, -0.2) is 13.6 Å². The number of aliphatic hydroxyl groups is 1. The predicted octanol–water partition coefficient (Wildman–Crippen LogP) is 2.68. The Morgan fingerprint density at radius 1 is 1.28 bits per heavy atom. The quantitative estimate of drug-likeness (QED) is 0.844. The van der Waals surface area contributed by atoms with Gasteiger partial charge in [-0.1, -0.05) is 13.8 Å². The van der Waals surface area contributed by atoms with Crippen molar-refractivity contribution in [2.45, 2.75) is 32.8 Å². The normalized spacial score (nSPS) is 12.6. The molecule has 1 unspecified atom stereocenters. The molecule has 100 valence electrons. The van der Waals surface area contributed by atoms with E-state index in [4.69, 9.17) is 0 Å². The van der Waals surface area contributed by atoms with Gasteiger partial charge in [0.25, 0.3) is 0 Å². The van der Waals surface area contributed by atoms with E-state index in [-0.39, 0.29) is 23.7 Å². The Hall–Kier alpha value is -1.49. The van der Waals surface area contributed by atoms with Gasteiger partial charge in [0.2, 0.25) is 0 Å². The number of ether oxygens (including phenoxy) is 1. The van der Waals surface area contributed by atoms with Crippen LogP contribution in [0, 0.1) is 11.6 Å². The van der Waals surface area contributed by atoms with Crippen molar-refractivity contribution in [3.63, 3.8) is 0 Å². The molecule has 0 aliphatic rings. The van der Waals surface area contributed by atoms with E-state index >= 15 is 0 Å². The molecule has 3 nitrogen and oxygen atoms in total. The first-order valence-electron chi connectivity index (χ1n) is 5.72. The third kappa shape index (κ3) is 3.04. The molecule has 18 heavy (non-hydrogen) atoms. The Labute approximate surface area is 104 Å². The molecule has 0 amide bonds. The molecule has 0 radical (unpaired) electrons. The molecule has 0 aromatic heterocycles. The molecular formula is C13H16F2O3. The number of carbonyl (C=O) groups is 1. The van der Waals surface area contributed by atoms with E-state index in [9.17, 15) is 18.7 Å². The summed E-state index contributed by atoms with van der Waals surface area (Å²) in [4.78, 5) is 11.3. The third-order valence-corrected chi connectivity index (χ3v) is 2.54. The van der Waals surface area contributed by atoms with Gasteiger partial charge in [0.1, 0.15) is 11.6 Å². The van der Waals surface area contributed by atoms with Crippen LogP contribution >= 0.6 is 0 Å². The second-order valence-corrected chi connectivity index (χ2v) is 4.20. The van der Waals surface area contributed by atoms with Gasteiger partial charge >= 0.3 is 5.97 Å². The van der Waals surface area contributed by atoms with Crippen molar-refractivity contribution < 1.29 is 23.4 Å². The highest BCUT2D eigenvalue weighted by atomic mass is 19.1. The summed E-state index contributed by atoms with van der Waals surface area (Å²) in [6.45, 7) is 5.12. The average Bonchev–Trinajstić information content (AvgIpc) is 2.28. The first kappa shape index (κ1) is 14.6. The standard InChI is InChI=1S/C13H16F2O3/c1-4-18-13(17)12(16)9-5-8(7(2)3)10(14)6-11(9)15/h5-7,12,16H,4H2,1-3H3. The summed E-state index contributed by atoms with van der Waals surface area (Å²) in [5.74, 6) is -2.78. The van der Waals surface area contributed by atoms with E-state index in [0.29, 0.717) is 6.07 Å². The van der Waals surface area contributed by atoms with Crippen LogP contribution in [0.2, 0.25) is 0 Å². The first-order valence-corrected chi connectivity index (χ1v) is 5.72. The Bertz CT molecular complexity index is 444.